The van der Waals surface area contributed by atoms with Crippen molar-refractivity contribution in [2.45, 2.75) is 45.7 Å². The number of nitrogens with zero attached hydrogens (tertiary/aromatic N) is 2. The number of nitrogens with one attached hydrogen (secondary N) is 1. The molecule has 0 aliphatic carbocycles. The van der Waals surface area contributed by atoms with E-state index in [-0.39, 0.29) is 0 Å². The SMILES string of the molecule is CC(NCCCCN(C)C(C)C)c1ccc(C#N)cc1. The molecule has 3 nitrogen and oxygen atoms in total. The molecule has 1 unspecified atom stereocenters. The minimum atomic E-state index is 0.338. The van der Waals surface area contributed by atoms with Gasteiger partial charge in [-0.25, -0.2) is 0 Å². The molecule has 0 aromatic heterocycles. The van der Waals surface area contributed by atoms with Gasteiger partial charge in [0.15, 0.2) is 0 Å². The quantitative estimate of drug-likeness (QED) is 0.738. The maximum absolute atomic E-state index is 8.78. The molecule has 20 heavy (non-hydrogen) atoms. The van der Waals surface area contributed by atoms with Gasteiger partial charge in [0.2, 0.25) is 0 Å². The number of benzene rings is 1. The van der Waals surface area contributed by atoms with E-state index in [0.717, 1.165) is 18.7 Å². The van der Waals surface area contributed by atoms with Crippen molar-refractivity contribution in [3.05, 3.63) is 35.4 Å². The monoisotopic (exact) mass is 273 g/mol. The summed E-state index contributed by atoms with van der Waals surface area (Å²) in [5, 5.41) is 12.3. The molecule has 0 radical (unpaired) electrons. The predicted octanol–water partition coefficient (Wildman–Crippen LogP) is 3.33. The van der Waals surface area contributed by atoms with Gasteiger partial charge < -0.3 is 10.2 Å². The highest BCUT2D eigenvalue weighted by Gasteiger charge is 2.05. The van der Waals surface area contributed by atoms with Crippen molar-refractivity contribution < 1.29 is 0 Å². The van der Waals surface area contributed by atoms with Crippen LogP contribution < -0.4 is 5.32 Å². The number of hydrogen-bond acceptors (Lipinski definition) is 3. The number of nitriles is 1. The predicted molar refractivity (Wildman–Crippen MR) is 84.6 cm³/mol. The summed E-state index contributed by atoms with van der Waals surface area (Å²) in [4.78, 5) is 2.38. The molecule has 0 aliphatic rings. The summed E-state index contributed by atoms with van der Waals surface area (Å²) in [5.41, 5.74) is 1.96. The summed E-state index contributed by atoms with van der Waals surface area (Å²) < 4.78 is 0. The first-order chi connectivity index (χ1) is 9.54. The lowest BCUT2D eigenvalue weighted by Gasteiger charge is -2.21. The molecule has 1 N–H and O–H groups in total. The minimum absolute atomic E-state index is 0.338. The average molecular weight is 273 g/mol. The Bertz CT molecular complexity index is 417. The van der Waals surface area contributed by atoms with Crippen LogP contribution in [0.15, 0.2) is 24.3 Å². The molecule has 1 aromatic carbocycles. The fourth-order valence-corrected chi connectivity index (χ4v) is 2.03. The molecule has 0 saturated carbocycles. The summed E-state index contributed by atoms with van der Waals surface area (Å²) in [6, 6.07) is 10.9. The molecule has 110 valence electrons. The van der Waals surface area contributed by atoms with E-state index >= 15 is 0 Å². The first-order valence-corrected chi connectivity index (χ1v) is 7.48. The fourth-order valence-electron chi connectivity index (χ4n) is 2.03. The van der Waals surface area contributed by atoms with E-state index in [9.17, 15) is 0 Å². The lowest BCUT2D eigenvalue weighted by molar-refractivity contribution is 0.267. The molecule has 1 atom stereocenters. The summed E-state index contributed by atoms with van der Waals surface area (Å²) in [6.07, 6.45) is 2.42. The molecule has 1 rings (SSSR count). The highest BCUT2D eigenvalue weighted by molar-refractivity contribution is 5.32. The van der Waals surface area contributed by atoms with Gasteiger partial charge >= 0.3 is 0 Å². The van der Waals surface area contributed by atoms with Gasteiger partial charge in [0.1, 0.15) is 0 Å². The van der Waals surface area contributed by atoms with Crippen LogP contribution in [0.5, 0.6) is 0 Å². The lowest BCUT2D eigenvalue weighted by atomic mass is 10.1. The molecule has 3 heteroatoms. The van der Waals surface area contributed by atoms with Crippen LogP contribution in [0.4, 0.5) is 0 Å². The zero-order valence-corrected chi connectivity index (χ0v) is 13.2. The Morgan fingerprint density at radius 2 is 1.80 bits per heavy atom. The molecule has 0 fully saturated rings. The van der Waals surface area contributed by atoms with Gasteiger partial charge in [-0.05, 0) is 71.4 Å². The van der Waals surface area contributed by atoms with E-state index in [1.807, 2.05) is 24.3 Å². The summed E-state index contributed by atoms with van der Waals surface area (Å²) >= 11 is 0. The van der Waals surface area contributed by atoms with Gasteiger partial charge in [-0.2, -0.15) is 5.26 Å². The van der Waals surface area contributed by atoms with Gasteiger partial charge in [-0.3, -0.25) is 0 Å². The minimum Gasteiger partial charge on any atom is -0.310 e. The van der Waals surface area contributed by atoms with E-state index in [1.54, 1.807) is 0 Å². The van der Waals surface area contributed by atoms with Crippen LogP contribution in [0.25, 0.3) is 0 Å². The molecular weight excluding hydrogens is 246 g/mol. The summed E-state index contributed by atoms with van der Waals surface area (Å²) in [6.45, 7) is 8.82. The fraction of sp³-hybridized carbons (Fsp3) is 0.588. The van der Waals surface area contributed by atoms with Crippen molar-refractivity contribution >= 4 is 0 Å². The second kappa shape index (κ2) is 8.73. The standard InChI is InChI=1S/C17H27N3/c1-14(2)20(4)12-6-5-11-19-15(3)17-9-7-16(13-18)8-10-17/h7-10,14-15,19H,5-6,11-12H2,1-4H3. The van der Waals surface area contributed by atoms with Crippen molar-refractivity contribution in [3.8, 4) is 6.07 Å². The van der Waals surface area contributed by atoms with Crippen LogP contribution in [0.1, 0.15) is 50.8 Å². The van der Waals surface area contributed by atoms with Crippen LogP contribution in [0.2, 0.25) is 0 Å². The van der Waals surface area contributed by atoms with E-state index < -0.39 is 0 Å². The van der Waals surface area contributed by atoms with Crippen molar-refractivity contribution in [1.29, 1.82) is 5.26 Å². The molecule has 0 heterocycles. The summed E-state index contributed by atoms with van der Waals surface area (Å²) in [5.74, 6) is 0. The van der Waals surface area contributed by atoms with Gasteiger partial charge in [0, 0.05) is 12.1 Å². The zero-order chi connectivity index (χ0) is 15.0. The van der Waals surface area contributed by atoms with Gasteiger partial charge in [-0.15, -0.1) is 0 Å². The normalized spacial score (nSPS) is 12.7. The average Bonchev–Trinajstić information content (AvgIpc) is 2.46. The number of hydrogen-bond donors (Lipinski definition) is 1. The van der Waals surface area contributed by atoms with Gasteiger partial charge in [0.25, 0.3) is 0 Å². The molecule has 0 aliphatic heterocycles. The molecule has 0 amide bonds. The third-order valence-corrected chi connectivity index (χ3v) is 3.81. The Morgan fingerprint density at radius 1 is 1.15 bits per heavy atom. The second-order valence-corrected chi connectivity index (χ2v) is 5.69. The number of unbranched alkanes of at least 4 members (excludes halogenated alkanes) is 1. The molecule has 0 spiro atoms. The van der Waals surface area contributed by atoms with Crippen molar-refractivity contribution in [2.24, 2.45) is 0 Å². The second-order valence-electron chi connectivity index (χ2n) is 5.69. The Hall–Kier alpha value is -1.37. The van der Waals surface area contributed by atoms with Crippen LogP contribution in [-0.4, -0.2) is 31.1 Å². The molecule has 0 saturated heterocycles. The first-order valence-electron chi connectivity index (χ1n) is 7.48. The Balaban J connectivity index is 2.23. The van der Waals surface area contributed by atoms with Crippen molar-refractivity contribution in [3.63, 3.8) is 0 Å². The highest BCUT2D eigenvalue weighted by atomic mass is 15.1. The smallest absolute Gasteiger partial charge is 0.0991 e. The van der Waals surface area contributed by atoms with E-state index in [2.05, 4.69) is 44.1 Å². The third kappa shape index (κ3) is 5.73. The van der Waals surface area contributed by atoms with E-state index in [1.165, 1.54) is 18.4 Å². The third-order valence-electron chi connectivity index (χ3n) is 3.81. The highest BCUT2D eigenvalue weighted by Crippen LogP contribution is 2.13. The topological polar surface area (TPSA) is 39.1 Å². The van der Waals surface area contributed by atoms with Crippen LogP contribution in [-0.2, 0) is 0 Å². The maximum Gasteiger partial charge on any atom is 0.0991 e. The zero-order valence-electron chi connectivity index (χ0n) is 13.2. The van der Waals surface area contributed by atoms with Crippen molar-refractivity contribution in [2.75, 3.05) is 20.1 Å². The molecule has 1 aromatic rings. The van der Waals surface area contributed by atoms with Crippen LogP contribution in [0, 0.1) is 11.3 Å². The summed E-state index contributed by atoms with van der Waals surface area (Å²) in [7, 11) is 2.18. The molecule has 0 bridgehead atoms. The van der Waals surface area contributed by atoms with Crippen molar-refractivity contribution in [1.82, 2.24) is 10.2 Å². The Labute approximate surface area is 123 Å². The van der Waals surface area contributed by atoms with Crippen LogP contribution in [0.3, 0.4) is 0 Å². The van der Waals surface area contributed by atoms with Gasteiger partial charge in [0.05, 0.1) is 11.6 Å². The van der Waals surface area contributed by atoms with Crippen LogP contribution >= 0.6 is 0 Å². The van der Waals surface area contributed by atoms with E-state index in [0.29, 0.717) is 12.1 Å². The number of rotatable bonds is 8. The first kappa shape index (κ1) is 16.7. The Morgan fingerprint density at radius 3 is 2.35 bits per heavy atom. The molecular formula is C17H27N3. The maximum atomic E-state index is 8.78. The lowest BCUT2D eigenvalue weighted by Crippen LogP contribution is -2.28. The van der Waals surface area contributed by atoms with E-state index in [4.69, 9.17) is 5.26 Å². The van der Waals surface area contributed by atoms with Gasteiger partial charge in [-0.1, -0.05) is 12.1 Å². The largest absolute Gasteiger partial charge is 0.310 e. The Kier molecular flexibility index (Phi) is 7.28.